The number of benzene rings is 1. The Morgan fingerprint density at radius 2 is 1.90 bits per heavy atom. The molecule has 1 aliphatic rings. The zero-order chi connectivity index (χ0) is 15.8. The van der Waals surface area contributed by atoms with Crippen molar-refractivity contribution in [3.8, 4) is 0 Å². The van der Waals surface area contributed by atoms with Crippen LogP contribution in [0.25, 0.3) is 0 Å². The molecule has 7 heteroatoms. The normalized spacial score (nSPS) is 24.2. The van der Waals surface area contributed by atoms with E-state index in [4.69, 9.17) is 16.3 Å². The molecule has 0 aliphatic carbocycles. The van der Waals surface area contributed by atoms with Gasteiger partial charge in [0.1, 0.15) is 0 Å². The molecule has 1 saturated heterocycles. The van der Waals surface area contributed by atoms with Gasteiger partial charge < -0.3 is 4.74 Å². The van der Waals surface area contributed by atoms with Gasteiger partial charge in [0.15, 0.2) is 0 Å². The van der Waals surface area contributed by atoms with Crippen molar-refractivity contribution >= 4 is 37.6 Å². The highest BCUT2D eigenvalue weighted by molar-refractivity contribution is 9.10. The first-order valence-electron chi connectivity index (χ1n) is 6.76. The Morgan fingerprint density at radius 1 is 1.33 bits per heavy atom. The van der Waals surface area contributed by atoms with Crippen LogP contribution < -0.4 is 0 Å². The molecule has 2 atom stereocenters. The van der Waals surface area contributed by atoms with E-state index >= 15 is 0 Å². The summed E-state index contributed by atoms with van der Waals surface area (Å²) in [5.41, 5.74) is 1.66. The number of morpholine rings is 1. The number of ether oxygens (including phenoxy) is 1. The fraction of sp³-hybridized carbons (Fsp3) is 0.571. The van der Waals surface area contributed by atoms with Gasteiger partial charge in [0.05, 0.1) is 17.1 Å². The summed E-state index contributed by atoms with van der Waals surface area (Å²) in [5, 5.41) is 0. The standard InChI is InChI=1S/C14H19BrClNO3S/c1-9-4-12(6-16)5-13(14(9)15)21(18,19)17-7-10(2)20-11(3)8-17/h4-5,10-11H,6-8H2,1-3H3. The molecule has 21 heavy (non-hydrogen) atoms. The molecule has 118 valence electrons. The molecular formula is C14H19BrClNO3S. The molecule has 2 rings (SSSR count). The van der Waals surface area contributed by atoms with Gasteiger partial charge >= 0.3 is 0 Å². The second-order valence-electron chi connectivity index (χ2n) is 5.44. The summed E-state index contributed by atoms with van der Waals surface area (Å²) in [6.45, 7) is 6.36. The zero-order valence-electron chi connectivity index (χ0n) is 12.3. The van der Waals surface area contributed by atoms with Crippen LogP contribution in [0.2, 0.25) is 0 Å². The van der Waals surface area contributed by atoms with Crippen LogP contribution >= 0.6 is 27.5 Å². The smallest absolute Gasteiger partial charge is 0.244 e. The van der Waals surface area contributed by atoms with Crippen LogP contribution in [-0.4, -0.2) is 38.0 Å². The SMILES string of the molecule is Cc1cc(CCl)cc(S(=O)(=O)N2CC(C)OC(C)C2)c1Br. The molecule has 1 heterocycles. The van der Waals surface area contributed by atoms with Gasteiger partial charge in [0.25, 0.3) is 0 Å². The molecule has 0 N–H and O–H groups in total. The lowest BCUT2D eigenvalue weighted by molar-refractivity contribution is -0.0440. The van der Waals surface area contributed by atoms with Gasteiger partial charge in [-0.1, -0.05) is 6.07 Å². The van der Waals surface area contributed by atoms with Crippen molar-refractivity contribution in [1.29, 1.82) is 0 Å². The molecule has 2 unspecified atom stereocenters. The lowest BCUT2D eigenvalue weighted by Gasteiger charge is -2.34. The van der Waals surface area contributed by atoms with E-state index in [1.807, 2.05) is 26.8 Å². The highest BCUT2D eigenvalue weighted by Crippen LogP contribution is 2.31. The largest absolute Gasteiger partial charge is 0.373 e. The lowest BCUT2D eigenvalue weighted by atomic mass is 10.2. The van der Waals surface area contributed by atoms with Crippen molar-refractivity contribution in [1.82, 2.24) is 4.31 Å². The van der Waals surface area contributed by atoms with E-state index in [0.717, 1.165) is 11.1 Å². The van der Waals surface area contributed by atoms with E-state index in [2.05, 4.69) is 15.9 Å². The molecule has 0 radical (unpaired) electrons. The minimum Gasteiger partial charge on any atom is -0.373 e. The van der Waals surface area contributed by atoms with Gasteiger partial charge in [-0.2, -0.15) is 4.31 Å². The summed E-state index contributed by atoms with van der Waals surface area (Å²) in [4.78, 5) is 0.277. The molecule has 0 bridgehead atoms. The van der Waals surface area contributed by atoms with Crippen LogP contribution in [0.3, 0.4) is 0 Å². The van der Waals surface area contributed by atoms with Gasteiger partial charge in [0.2, 0.25) is 10.0 Å². The molecule has 1 aromatic rings. The first-order chi connectivity index (χ1) is 9.75. The van der Waals surface area contributed by atoms with Gasteiger partial charge in [-0.05, 0) is 53.9 Å². The van der Waals surface area contributed by atoms with E-state index in [1.54, 1.807) is 6.07 Å². The topological polar surface area (TPSA) is 46.6 Å². The molecule has 0 saturated carbocycles. The van der Waals surface area contributed by atoms with Crippen LogP contribution in [0.4, 0.5) is 0 Å². The van der Waals surface area contributed by atoms with Crippen molar-refractivity contribution < 1.29 is 13.2 Å². The van der Waals surface area contributed by atoms with E-state index in [0.29, 0.717) is 17.6 Å². The van der Waals surface area contributed by atoms with E-state index in [1.165, 1.54) is 4.31 Å². The number of hydrogen-bond acceptors (Lipinski definition) is 3. The Morgan fingerprint density at radius 3 is 2.43 bits per heavy atom. The highest BCUT2D eigenvalue weighted by Gasteiger charge is 2.33. The third kappa shape index (κ3) is 3.62. The lowest BCUT2D eigenvalue weighted by Crippen LogP contribution is -2.48. The van der Waals surface area contributed by atoms with Crippen LogP contribution in [0.15, 0.2) is 21.5 Å². The number of aryl methyl sites for hydroxylation is 1. The van der Waals surface area contributed by atoms with Crippen molar-refractivity contribution in [2.24, 2.45) is 0 Å². The molecule has 4 nitrogen and oxygen atoms in total. The molecule has 0 spiro atoms. The summed E-state index contributed by atoms with van der Waals surface area (Å²) in [7, 11) is -3.57. The fourth-order valence-corrected chi connectivity index (χ4v) is 5.32. The maximum absolute atomic E-state index is 12.9. The monoisotopic (exact) mass is 395 g/mol. The van der Waals surface area contributed by atoms with Crippen molar-refractivity contribution in [2.45, 2.75) is 43.8 Å². The molecule has 1 fully saturated rings. The maximum Gasteiger partial charge on any atom is 0.244 e. The Hall–Kier alpha value is -0.140. The van der Waals surface area contributed by atoms with E-state index < -0.39 is 10.0 Å². The molecule has 1 aliphatic heterocycles. The second kappa shape index (κ2) is 6.54. The van der Waals surface area contributed by atoms with E-state index in [-0.39, 0.29) is 23.0 Å². The van der Waals surface area contributed by atoms with E-state index in [9.17, 15) is 8.42 Å². The predicted molar refractivity (Wildman–Crippen MR) is 87.2 cm³/mol. The molecule has 0 amide bonds. The minimum atomic E-state index is -3.57. The van der Waals surface area contributed by atoms with Gasteiger partial charge in [-0.3, -0.25) is 0 Å². The number of halogens is 2. The zero-order valence-corrected chi connectivity index (χ0v) is 15.4. The van der Waals surface area contributed by atoms with Gasteiger partial charge in [-0.25, -0.2) is 8.42 Å². The summed E-state index contributed by atoms with van der Waals surface area (Å²) in [5.74, 6) is 0.284. The van der Waals surface area contributed by atoms with Crippen molar-refractivity contribution in [3.63, 3.8) is 0 Å². The maximum atomic E-state index is 12.9. The van der Waals surface area contributed by atoms with Crippen molar-refractivity contribution in [2.75, 3.05) is 13.1 Å². The first kappa shape index (κ1) is 17.2. The van der Waals surface area contributed by atoms with Gasteiger partial charge in [-0.15, -0.1) is 11.6 Å². The Labute approximate surface area is 139 Å². The number of nitrogens with zero attached hydrogens (tertiary/aromatic N) is 1. The third-order valence-electron chi connectivity index (χ3n) is 3.44. The fourth-order valence-electron chi connectivity index (χ4n) is 2.54. The number of sulfonamides is 1. The Kier molecular flexibility index (Phi) is 5.36. The summed E-state index contributed by atoms with van der Waals surface area (Å²) in [6.07, 6.45) is -0.223. The molecule has 0 aromatic heterocycles. The van der Waals surface area contributed by atoms with Crippen LogP contribution in [0.5, 0.6) is 0 Å². The minimum absolute atomic E-state index is 0.111. The van der Waals surface area contributed by atoms with Crippen LogP contribution in [-0.2, 0) is 20.6 Å². The number of hydrogen-bond donors (Lipinski definition) is 0. The highest BCUT2D eigenvalue weighted by atomic mass is 79.9. The second-order valence-corrected chi connectivity index (χ2v) is 8.40. The summed E-state index contributed by atoms with van der Waals surface area (Å²) in [6, 6.07) is 3.53. The Balaban J connectivity index is 2.46. The predicted octanol–water partition coefficient (Wildman–Crippen LogP) is 3.29. The summed E-state index contributed by atoms with van der Waals surface area (Å²) < 4.78 is 33.5. The molecular weight excluding hydrogens is 378 g/mol. The third-order valence-corrected chi connectivity index (χ3v) is 6.92. The average molecular weight is 397 g/mol. The number of rotatable bonds is 3. The Bertz CT molecular complexity index is 625. The number of alkyl halides is 1. The summed E-state index contributed by atoms with van der Waals surface area (Å²) >= 11 is 9.26. The van der Waals surface area contributed by atoms with Crippen LogP contribution in [0.1, 0.15) is 25.0 Å². The first-order valence-corrected chi connectivity index (χ1v) is 9.53. The van der Waals surface area contributed by atoms with Gasteiger partial charge in [0, 0.05) is 23.4 Å². The quantitative estimate of drug-likeness (QED) is 0.737. The van der Waals surface area contributed by atoms with Crippen LogP contribution in [0, 0.1) is 6.92 Å². The molecule has 1 aromatic carbocycles. The van der Waals surface area contributed by atoms with Crippen molar-refractivity contribution in [3.05, 3.63) is 27.7 Å². The average Bonchev–Trinajstić information content (AvgIpc) is 2.40.